The fourth-order valence-corrected chi connectivity index (χ4v) is 1.68. The van der Waals surface area contributed by atoms with E-state index in [1.807, 2.05) is 0 Å². The highest BCUT2D eigenvalue weighted by atomic mass is 16.3. The van der Waals surface area contributed by atoms with E-state index in [0.717, 1.165) is 19.4 Å². The van der Waals surface area contributed by atoms with Crippen LogP contribution in [0.25, 0.3) is 0 Å². The maximum absolute atomic E-state index is 9.33. The summed E-state index contributed by atoms with van der Waals surface area (Å²) in [6.45, 7) is 6.80. The van der Waals surface area contributed by atoms with Crippen LogP contribution in [0.1, 0.15) is 26.2 Å². The molecule has 1 fully saturated rings. The van der Waals surface area contributed by atoms with Gasteiger partial charge in [0.2, 0.25) is 0 Å². The molecule has 2 heteroatoms. The SMILES string of the molecule is C=CC(O)CC1(C)CCCN1. The molecule has 1 heterocycles. The summed E-state index contributed by atoms with van der Waals surface area (Å²) in [4.78, 5) is 0. The van der Waals surface area contributed by atoms with Crippen LogP contribution >= 0.6 is 0 Å². The van der Waals surface area contributed by atoms with Crippen LogP contribution in [0.3, 0.4) is 0 Å². The molecule has 1 aliphatic heterocycles. The Morgan fingerprint density at radius 3 is 3.00 bits per heavy atom. The Balaban J connectivity index is 2.39. The zero-order valence-corrected chi connectivity index (χ0v) is 7.14. The van der Waals surface area contributed by atoms with Crippen molar-refractivity contribution in [1.82, 2.24) is 5.32 Å². The van der Waals surface area contributed by atoms with Crippen LogP contribution in [0.2, 0.25) is 0 Å². The fourth-order valence-electron chi connectivity index (χ4n) is 1.68. The van der Waals surface area contributed by atoms with Crippen LogP contribution in [0.5, 0.6) is 0 Å². The van der Waals surface area contributed by atoms with Gasteiger partial charge in [-0.15, -0.1) is 6.58 Å². The second-order valence-corrected chi connectivity index (χ2v) is 3.60. The van der Waals surface area contributed by atoms with E-state index in [9.17, 15) is 5.11 Å². The predicted octanol–water partition coefficient (Wildman–Crippen LogP) is 1.07. The summed E-state index contributed by atoms with van der Waals surface area (Å²) in [5.74, 6) is 0. The van der Waals surface area contributed by atoms with Crippen LogP contribution < -0.4 is 5.32 Å². The Labute approximate surface area is 68.3 Å². The second-order valence-electron chi connectivity index (χ2n) is 3.60. The van der Waals surface area contributed by atoms with E-state index in [-0.39, 0.29) is 11.6 Å². The molecule has 0 aromatic heterocycles. The van der Waals surface area contributed by atoms with Crippen LogP contribution in [0.4, 0.5) is 0 Å². The summed E-state index contributed by atoms with van der Waals surface area (Å²) < 4.78 is 0. The second kappa shape index (κ2) is 3.37. The van der Waals surface area contributed by atoms with E-state index >= 15 is 0 Å². The summed E-state index contributed by atoms with van der Waals surface area (Å²) in [7, 11) is 0. The molecule has 1 aliphatic rings. The standard InChI is InChI=1S/C9H17NO/c1-3-8(11)7-9(2)5-4-6-10-9/h3,8,10-11H,1,4-7H2,2H3. The number of hydrogen-bond acceptors (Lipinski definition) is 2. The highest BCUT2D eigenvalue weighted by Gasteiger charge is 2.29. The van der Waals surface area contributed by atoms with Gasteiger partial charge in [0.05, 0.1) is 6.10 Å². The van der Waals surface area contributed by atoms with Crippen LogP contribution in [-0.2, 0) is 0 Å². The third kappa shape index (κ3) is 2.31. The first-order valence-corrected chi connectivity index (χ1v) is 4.22. The maximum Gasteiger partial charge on any atom is 0.0735 e. The third-order valence-electron chi connectivity index (χ3n) is 2.39. The molecule has 1 saturated heterocycles. The van der Waals surface area contributed by atoms with Gasteiger partial charge in [-0.1, -0.05) is 6.08 Å². The zero-order chi connectivity index (χ0) is 8.32. The highest BCUT2D eigenvalue weighted by Crippen LogP contribution is 2.23. The third-order valence-corrected chi connectivity index (χ3v) is 2.39. The zero-order valence-electron chi connectivity index (χ0n) is 7.14. The molecule has 1 rings (SSSR count). The van der Waals surface area contributed by atoms with Gasteiger partial charge in [-0.3, -0.25) is 0 Å². The summed E-state index contributed by atoms with van der Waals surface area (Å²) in [6.07, 6.45) is 4.42. The van der Waals surface area contributed by atoms with Crippen molar-refractivity contribution in [1.29, 1.82) is 0 Å². The van der Waals surface area contributed by atoms with Gasteiger partial charge in [0, 0.05) is 5.54 Å². The smallest absolute Gasteiger partial charge is 0.0735 e. The maximum atomic E-state index is 9.33. The molecule has 0 bridgehead atoms. The molecule has 2 nitrogen and oxygen atoms in total. The molecule has 64 valence electrons. The Kier molecular flexibility index (Phi) is 2.68. The predicted molar refractivity (Wildman–Crippen MR) is 46.5 cm³/mol. The normalized spacial score (nSPS) is 33.6. The van der Waals surface area contributed by atoms with Crippen molar-refractivity contribution in [2.45, 2.75) is 37.8 Å². The van der Waals surface area contributed by atoms with Crippen LogP contribution in [0, 0.1) is 0 Å². The van der Waals surface area contributed by atoms with Crippen LogP contribution in [-0.4, -0.2) is 23.3 Å². The molecular formula is C9H17NO. The van der Waals surface area contributed by atoms with Gasteiger partial charge in [0.1, 0.15) is 0 Å². The Hall–Kier alpha value is -0.340. The van der Waals surface area contributed by atoms with Crippen molar-refractivity contribution < 1.29 is 5.11 Å². The number of aliphatic hydroxyl groups excluding tert-OH is 1. The van der Waals surface area contributed by atoms with Gasteiger partial charge in [-0.2, -0.15) is 0 Å². The molecule has 0 aromatic carbocycles. The summed E-state index contributed by atoms with van der Waals surface area (Å²) in [5.41, 5.74) is 0.146. The van der Waals surface area contributed by atoms with Crippen molar-refractivity contribution >= 4 is 0 Å². The molecule has 2 unspecified atom stereocenters. The van der Waals surface area contributed by atoms with Crippen molar-refractivity contribution in [3.8, 4) is 0 Å². The first-order valence-electron chi connectivity index (χ1n) is 4.22. The average Bonchev–Trinajstić information content (AvgIpc) is 2.36. The van der Waals surface area contributed by atoms with Crippen molar-refractivity contribution in [2.75, 3.05) is 6.54 Å². The van der Waals surface area contributed by atoms with E-state index in [2.05, 4.69) is 18.8 Å². The molecular weight excluding hydrogens is 138 g/mol. The minimum atomic E-state index is -0.356. The number of nitrogens with one attached hydrogen (secondary N) is 1. The van der Waals surface area contributed by atoms with E-state index < -0.39 is 0 Å². The molecule has 0 spiro atoms. The molecule has 11 heavy (non-hydrogen) atoms. The van der Waals surface area contributed by atoms with Gasteiger partial charge in [0.15, 0.2) is 0 Å². The van der Waals surface area contributed by atoms with Crippen molar-refractivity contribution in [3.63, 3.8) is 0 Å². The largest absolute Gasteiger partial charge is 0.389 e. The monoisotopic (exact) mass is 155 g/mol. The fraction of sp³-hybridized carbons (Fsp3) is 0.778. The van der Waals surface area contributed by atoms with Gasteiger partial charge in [-0.05, 0) is 32.7 Å². The lowest BCUT2D eigenvalue weighted by Gasteiger charge is -2.25. The quantitative estimate of drug-likeness (QED) is 0.597. The Bertz CT molecular complexity index is 138. The van der Waals surface area contributed by atoms with Gasteiger partial charge in [0.25, 0.3) is 0 Å². The lowest BCUT2D eigenvalue weighted by molar-refractivity contribution is 0.171. The molecule has 0 aliphatic carbocycles. The van der Waals surface area contributed by atoms with E-state index in [1.54, 1.807) is 6.08 Å². The number of rotatable bonds is 3. The molecule has 0 saturated carbocycles. The van der Waals surface area contributed by atoms with Crippen molar-refractivity contribution in [2.24, 2.45) is 0 Å². The minimum absolute atomic E-state index is 0.146. The molecule has 0 aromatic rings. The van der Waals surface area contributed by atoms with Gasteiger partial charge in [-0.25, -0.2) is 0 Å². The van der Waals surface area contributed by atoms with E-state index in [0.29, 0.717) is 0 Å². The van der Waals surface area contributed by atoms with Crippen LogP contribution in [0.15, 0.2) is 12.7 Å². The first kappa shape index (κ1) is 8.75. The minimum Gasteiger partial charge on any atom is -0.389 e. The first-order chi connectivity index (χ1) is 5.16. The highest BCUT2D eigenvalue weighted by molar-refractivity contribution is 4.94. The molecule has 2 N–H and O–H groups in total. The molecule has 0 radical (unpaired) electrons. The van der Waals surface area contributed by atoms with Crippen molar-refractivity contribution in [3.05, 3.63) is 12.7 Å². The number of hydrogen-bond donors (Lipinski definition) is 2. The lowest BCUT2D eigenvalue weighted by atomic mass is 9.93. The van der Waals surface area contributed by atoms with Gasteiger partial charge >= 0.3 is 0 Å². The average molecular weight is 155 g/mol. The summed E-state index contributed by atoms with van der Waals surface area (Å²) in [6, 6.07) is 0. The molecule has 0 amide bonds. The van der Waals surface area contributed by atoms with Gasteiger partial charge < -0.3 is 10.4 Å². The Morgan fingerprint density at radius 1 is 1.82 bits per heavy atom. The number of aliphatic hydroxyl groups is 1. The Morgan fingerprint density at radius 2 is 2.55 bits per heavy atom. The summed E-state index contributed by atoms with van der Waals surface area (Å²) >= 11 is 0. The summed E-state index contributed by atoms with van der Waals surface area (Å²) in [5, 5.41) is 12.7. The molecule has 2 atom stereocenters. The van der Waals surface area contributed by atoms with E-state index in [1.165, 1.54) is 6.42 Å². The van der Waals surface area contributed by atoms with E-state index in [4.69, 9.17) is 0 Å². The topological polar surface area (TPSA) is 32.3 Å². The lowest BCUT2D eigenvalue weighted by Crippen LogP contribution is -2.39.